The summed E-state index contributed by atoms with van der Waals surface area (Å²) in [6.45, 7) is 4.55. The minimum Gasteiger partial charge on any atom is -0.303 e. The zero-order chi connectivity index (χ0) is 13.3. The van der Waals surface area contributed by atoms with Crippen LogP contribution in [0.5, 0.6) is 0 Å². The first-order valence-electron chi connectivity index (χ1n) is 6.52. The van der Waals surface area contributed by atoms with E-state index in [0.29, 0.717) is 0 Å². The number of benzene rings is 2. The highest BCUT2D eigenvalue weighted by atomic mass is 14.9. The van der Waals surface area contributed by atoms with Crippen LogP contribution in [0.25, 0.3) is 6.08 Å². The van der Waals surface area contributed by atoms with E-state index in [-0.39, 0.29) is 6.04 Å². The SMILES string of the molecule is C=CCN[C@H](/C=C/c1ccccc1)c1ccccc1. The van der Waals surface area contributed by atoms with Gasteiger partial charge in [0.25, 0.3) is 0 Å². The zero-order valence-electron chi connectivity index (χ0n) is 11.0. The third-order valence-electron chi connectivity index (χ3n) is 2.92. The number of rotatable bonds is 6. The van der Waals surface area contributed by atoms with Crippen LogP contribution >= 0.6 is 0 Å². The van der Waals surface area contributed by atoms with Crippen LogP contribution in [0.15, 0.2) is 79.4 Å². The van der Waals surface area contributed by atoms with Crippen molar-refractivity contribution in [2.75, 3.05) is 6.54 Å². The lowest BCUT2D eigenvalue weighted by molar-refractivity contribution is 0.674. The Balaban J connectivity index is 2.14. The second kappa shape index (κ2) is 7.34. The van der Waals surface area contributed by atoms with E-state index >= 15 is 0 Å². The molecule has 0 bridgehead atoms. The van der Waals surface area contributed by atoms with Gasteiger partial charge in [0.05, 0.1) is 6.04 Å². The Bertz CT molecular complexity index is 514. The number of nitrogens with one attached hydrogen (secondary N) is 1. The van der Waals surface area contributed by atoms with Crippen LogP contribution in [0.3, 0.4) is 0 Å². The van der Waals surface area contributed by atoms with E-state index in [1.807, 2.05) is 30.3 Å². The summed E-state index contributed by atoms with van der Waals surface area (Å²) in [5.74, 6) is 0. The summed E-state index contributed by atoms with van der Waals surface area (Å²) >= 11 is 0. The van der Waals surface area contributed by atoms with Crippen LogP contribution in [-0.2, 0) is 0 Å². The van der Waals surface area contributed by atoms with Gasteiger partial charge in [-0.2, -0.15) is 0 Å². The van der Waals surface area contributed by atoms with Gasteiger partial charge < -0.3 is 5.32 Å². The predicted molar refractivity (Wildman–Crippen MR) is 82.9 cm³/mol. The quantitative estimate of drug-likeness (QED) is 0.756. The van der Waals surface area contributed by atoms with E-state index in [1.165, 1.54) is 11.1 Å². The molecule has 0 aromatic heterocycles. The van der Waals surface area contributed by atoms with Crippen molar-refractivity contribution in [2.24, 2.45) is 0 Å². The van der Waals surface area contributed by atoms with Crippen molar-refractivity contribution in [3.63, 3.8) is 0 Å². The molecular formula is C18H19N. The van der Waals surface area contributed by atoms with Crippen LogP contribution in [0.2, 0.25) is 0 Å². The Labute approximate surface area is 115 Å². The maximum Gasteiger partial charge on any atom is 0.0511 e. The van der Waals surface area contributed by atoms with Crippen LogP contribution in [-0.4, -0.2) is 6.54 Å². The normalized spacial score (nSPS) is 12.4. The molecule has 2 aromatic rings. The molecule has 0 saturated heterocycles. The fourth-order valence-corrected chi connectivity index (χ4v) is 1.94. The van der Waals surface area contributed by atoms with E-state index in [0.717, 1.165) is 6.54 Å². The monoisotopic (exact) mass is 249 g/mol. The minimum absolute atomic E-state index is 0.208. The first-order chi connectivity index (χ1) is 9.40. The summed E-state index contributed by atoms with van der Waals surface area (Å²) in [5, 5.41) is 3.45. The molecule has 2 rings (SSSR count). The Morgan fingerprint density at radius 1 is 0.947 bits per heavy atom. The molecular weight excluding hydrogens is 230 g/mol. The predicted octanol–water partition coefficient (Wildman–Crippen LogP) is 4.22. The smallest absolute Gasteiger partial charge is 0.0511 e. The molecule has 2 aromatic carbocycles. The van der Waals surface area contributed by atoms with Crippen LogP contribution in [0.1, 0.15) is 17.2 Å². The fourth-order valence-electron chi connectivity index (χ4n) is 1.94. The standard InChI is InChI=1S/C18H19N/c1-2-15-19-18(17-11-7-4-8-12-17)14-13-16-9-5-3-6-10-16/h2-14,18-19H,1,15H2/b14-13+/t18-/m1/s1. The number of hydrogen-bond donors (Lipinski definition) is 1. The van der Waals surface area contributed by atoms with Crippen molar-refractivity contribution in [1.29, 1.82) is 0 Å². The summed E-state index contributed by atoms with van der Waals surface area (Å²) in [7, 11) is 0. The highest BCUT2D eigenvalue weighted by Gasteiger charge is 2.04. The molecule has 0 saturated carbocycles. The molecule has 19 heavy (non-hydrogen) atoms. The molecule has 0 heterocycles. The van der Waals surface area contributed by atoms with Gasteiger partial charge in [0.15, 0.2) is 0 Å². The summed E-state index contributed by atoms with van der Waals surface area (Å²) < 4.78 is 0. The molecule has 1 atom stereocenters. The Kier molecular flexibility index (Phi) is 5.15. The van der Waals surface area contributed by atoms with Gasteiger partial charge in [-0.05, 0) is 11.1 Å². The first-order valence-corrected chi connectivity index (χ1v) is 6.52. The van der Waals surface area contributed by atoms with Gasteiger partial charge in [0, 0.05) is 6.54 Å². The van der Waals surface area contributed by atoms with Gasteiger partial charge in [-0.15, -0.1) is 6.58 Å². The van der Waals surface area contributed by atoms with Gasteiger partial charge in [-0.1, -0.05) is 78.9 Å². The molecule has 1 N–H and O–H groups in total. The highest BCUT2D eigenvalue weighted by molar-refractivity contribution is 5.50. The molecule has 0 aliphatic rings. The maximum absolute atomic E-state index is 3.76. The van der Waals surface area contributed by atoms with Crippen molar-refractivity contribution < 1.29 is 0 Å². The van der Waals surface area contributed by atoms with Crippen molar-refractivity contribution in [2.45, 2.75) is 6.04 Å². The van der Waals surface area contributed by atoms with Gasteiger partial charge in [-0.25, -0.2) is 0 Å². The third-order valence-corrected chi connectivity index (χ3v) is 2.92. The molecule has 0 aliphatic carbocycles. The lowest BCUT2D eigenvalue weighted by Gasteiger charge is -2.14. The van der Waals surface area contributed by atoms with Gasteiger partial charge in [0.2, 0.25) is 0 Å². The second-order valence-corrected chi connectivity index (χ2v) is 4.36. The fraction of sp³-hybridized carbons (Fsp3) is 0.111. The molecule has 1 heteroatoms. The summed E-state index contributed by atoms with van der Waals surface area (Å²) in [6, 6.07) is 21.0. The van der Waals surface area contributed by atoms with E-state index in [2.05, 4.69) is 60.4 Å². The molecule has 0 aliphatic heterocycles. The Morgan fingerprint density at radius 3 is 2.21 bits per heavy atom. The molecule has 1 nitrogen and oxygen atoms in total. The van der Waals surface area contributed by atoms with E-state index < -0.39 is 0 Å². The van der Waals surface area contributed by atoms with E-state index in [4.69, 9.17) is 0 Å². The lowest BCUT2D eigenvalue weighted by Crippen LogP contribution is -2.19. The second-order valence-electron chi connectivity index (χ2n) is 4.36. The molecule has 96 valence electrons. The molecule has 0 unspecified atom stereocenters. The topological polar surface area (TPSA) is 12.0 Å². The van der Waals surface area contributed by atoms with Crippen molar-refractivity contribution >= 4 is 6.08 Å². The lowest BCUT2D eigenvalue weighted by atomic mass is 10.1. The van der Waals surface area contributed by atoms with Crippen molar-refractivity contribution in [3.05, 3.63) is 90.5 Å². The minimum atomic E-state index is 0.208. The summed E-state index contributed by atoms with van der Waals surface area (Å²) in [4.78, 5) is 0. The summed E-state index contributed by atoms with van der Waals surface area (Å²) in [6.07, 6.45) is 6.22. The van der Waals surface area contributed by atoms with E-state index in [1.54, 1.807) is 0 Å². The van der Waals surface area contributed by atoms with Crippen molar-refractivity contribution in [1.82, 2.24) is 5.32 Å². The Hall–Kier alpha value is -2.12. The van der Waals surface area contributed by atoms with Crippen LogP contribution < -0.4 is 5.32 Å². The molecule has 0 spiro atoms. The zero-order valence-corrected chi connectivity index (χ0v) is 11.0. The van der Waals surface area contributed by atoms with Gasteiger partial charge >= 0.3 is 0 Å². The average Bonchev–Trinajstić information content (AvgIpc) is 2.49. The maximum atomic E-state index is 3.76. The molecule has 0 fully saturated rings. The van der Waals surface area contributed by atoms with Crippen LogP contribution in [0, 0.1) is 0 Å². The van der Waals surface area contributed by atoms with Gasteiger partial charge in [-0.3, -0.25) is 0 Å². The highest BCUT2D eigenvalue weighted by Crippen LogP contribution is 2.15. The van der Waals surface area contributed by atoms with E-state index in [9.17, 15) is 0 Å². The number of hydrogen-bond acceptors (Lipinski definition) is 1. The largest absolute Gasteiger partial charge is 0.303 e. The van der Waals surface area contributed by atoms with Gasteiger partial charge in [0.1, 0.15) is 0 Å². The summed E-state index contributed by atoms with van der Waals surface area (Å²) in [5.41, 5.74) is 2.47. The molecule has 0 amide bonds. The third kappa shape index (κ3) is 4.23. The van der Waals surface area contributed by atoms with Crippen LogP contribution in [0.4, 0.5) is 0 Å². The Morgan fingerprint density at radius 2 is 1.58 bits per heavy atom. The first kappa shape index (κ1) is 13.3. The van der Waals surface area contributed by atoms with Crippen molar-refractivity contribution in [3.8, 4) is 0 Å². The average molecular weight is 249 g/mol. The molecule has 0 radical (unpaired) electrons.